The second-order valence-corrected chi connectivity index (χ2v) is 6.12. The molecule has 4 rings (SSSR count). The number of benzene rings is 1. The lowest BCUT2D eigenvalue weighted by Gasteiger charge is -2.09. The first kappa shape index (κ1) is 17.8. The van der Waals surface area contributed by atoms with Crippen molar-refractivity contribution in [3.63, 3.8) is 0 Å². The number of fused-ring (bicyclic) bond motifs is 1. The summed E-state index contributed by atoms with van der Waals surface area (Å²) in [5.74, 6) is -1.87. The molecule has 3 aromatic heterocycles. The van der Waals surface area contributed by atoms with Crippen LogP contribution in [0.5, 0.6) is 0 Å². The standard InChI is InChI=1S/C20H11F4N3O/c21-15-5-12(4-14(7-15)20(22,23)24)18(28)17-10-27-19-16(17)6-13(9-26-19)11-2-1-3-25-8-11/h1-10H,(H,26,27). The second-order valence-electron chi connectivity index (χ2n) is 6.12. The fourth-order valence-electron chi connectivity index (χ4n) is 2.92. The fraction of sp³-hybridized carbons (Fsp3) is 0.0500. The van der Waals surface area contributed by atoms with Crippen LogP contribution in [0.4, 0.5) is 17.6 Å². The van der Waals surface area contributed by atoms with Gasteiger partial charge in [0.25, 0.3) is 0 Å². The molecule has 1 N–H and O–H groups in total. The highest BCUT2D eigenvalue weighted by Gasteiger charge is 2.32. The number of halogens is 4. The maximum absolute atomic E-state index is 13.7. The van der Waals surface area contributed by atoms with Crippen LogP contribution in [-0.4, -0.2) is 20.7 Å². The van der Waals surface area contributed by atoms with Crippen molar-refractivity contribution >= 4 is 16.8 Å². The number of carbonyl (C=O) groups is 1. The maximum Gasteiger partial charge on any atom is 0.416 e. The molecule has 0 fully saturated rings. The Morgan fingerprint density at radius 1 is 1.04 bits per heavy atom. The summed E-state index contributed by atoms with van der Waals surface area (Å²) in [5, 5.41) is 0.421. The third-order valence-corrected chi connectivity index (χ3v) is 4.26. The molecule has 0 spiro atoms. The summed E-state index contributed by atoms with van der Waals surface area (Å²) in [6.07, 6.45) is 1.42. The predicted molar refractivity (Wildman–Crippen MR) is 94.2 cm³/mol. The van der Waals surface area contributed by atoms with E-state index in [1.807, 2.05) is 6.07 Å². The number of hydrogen-bond acceptors (Lipinski definition) is 3. The molecule has 0 saturated heterocycles. The summed E-state index contributed by atoms with van der Waals surface area (Å²) < 4.78 is 52.5. The van der Waals surface area contributed by atoms with Crippen LogP contribution < -0.4 is 0 Å². The molecule has 0 radical (unpaired) electrons. The normalized spacial score (nSPS) is 11.7. The van der Waals surface area contributed by atoms with Crippen LogP contribution in [0.3, 0.4) is 0 Å². The molecule has 0 bridgehead atoms. The van der Waals surface area contributed by atoms with E-state index >= 15 is 0 Å². The summed E-state index contributed by atoms with van der Waals surface area (Å²) in [7, 11) is 0. The number of alkyl halides is 3. The van der Waals surface area contributed by atoms with Gasteiger partial charge in [0, 0.05) is 52.4 Å². The van der Waals surface area contributed by atoms with Crippen molar-refractivity contribution in [2.24, 2.45) is 0 Å². The van der Waals surface area contributed by atoms with Crippen molar-refractivity contribution in [2.45, 2.75) is 6.18 Å². The van der Waals surface area contributed by atoms with E-state index in [-0.39, 0.29) is 11.1 Å². The Labute approximate surface area is 155 Å². The lowest BCUT2D eigenvalue weighted by molar-refractivity contribution is -0.137. The van der Waals surface area contributed by atoms with E-state index in [1.54, 1.807) is 30.7 Å². The molecule has 3 heterocycles. The molecular weight excluding hydrogens is 374 g/mol. The fourth-order valence-corrected chi connectivity index (χ4v) is 2.92. The molecule has 0 atom stereocenters. The van der Waals surface area contributed by atoms with Crippen molar-refractivity contribution in [3.8, 4) is 11.1 Å². The van der Waals surface area contributed by atoms with Gasteiger partial charge in [0.15, 0.2) is 5.78 Å². The lowest BCUT2D eigenvalue weighted by Crippen LogP contribution is -2.09. The van der Waals surface area contributed by atoms with E-state index in [0.29, 0.717) is 28.7 Å². The van der Waals surface area contributed by atoms with Gasteiger partial charge in [-0.05, 0) is 30.3 Å². The Balaban J connectivity index is 1.81. The number of ketones is 1. The minimum absolute atomic E-state index is 0.104. The predicted octanol–water partition coefficient (Wildman–Crippen LogP) is 5.01. The van der Waals surface area contributed by atoms with Crippen LogP contribution in [0.15, 0.2) is 61.2 Å². The van der Waals surface area contributed by atoms with Crippen LogP contribution in [0.1, 0.15) is 21.5 Å². The monoisotopic (exact) mass is 385 g/mol. The molecule has 0 amide bonds. The number of nitrogens with zero attached hydrogens (tertiary/aromatic N) is 2. The SMILES string of the molecule is O=C(c1cc(F)cc(C(F)(F)F)c1)c1c[nH]c2ncc(-c3cccnc3)cc12. The van der Waals surface area contributed by atoms with E-state index in [0.717, 1.165) is 11.6 Å². The number of hydrogen-bond donors (Lipinski definition) is 1. The van der Waals surface area contributed by atoms with Crippen molar-refractivity contribution < 1.29 is 22.4 Å². The zero-order valence-electron chi connectivity index (χ0n) is 14.1. The maximum atomic E-state index is 13.7. The van der Waals surface area contributed by atoms with Crippen molar-refractivity contribution in [1.82, 2.24) is 15.0 Å². The van der Waals surface area contributed by atoms with Gasteiger partial charge < -0.3 is 4.98 Å². The highest BCUT2D eigenvalue weighted by Crippen LogP contribution is 2.32. The minimum atomic E-state index is -4.76. The van der Waals surface area contributed by atoms with Gasteiger partial charge in [-0.2, -0.15) is 13.2 Å². The van der Waals surface area contributed by atoms with Crippen molar-refractivity contribution in [1.29, 1.82) is 0 Å². The smallest absolute Gasteiger partial charge is 0.345 e. The first-order chi connectivity index (χ1) is 13.3. The lowest BCUT2D eigenvalue weighted by atomic mass is 10.00. The number of pyridine rings is 2. The molecule has 1 aromatic carbocycles. The quantitative estimate of drug-likeness (QED) is 0.398. The van der Waals surface area contributed by atoms with E-state index in [4.69, 9.17) is 0 Å². The summed E-state index contributed by atoms with van der Waals surface area (Å²) in [6, 6.07) is 7.03. The summed E-state index contributed by atoms with van der Waals surface area (Å²) >= 11 is 0. The van der Waals surface area contributed by atoms with Gasteiger partial charge in [-0.1, -0.05) is 6.07 Å². The molecule has 8 heteroatoms. The van der Waals surface area contributed by atoms with Crippen LogP contribution >= 0.6 is 0 Å². The van der Waals surface area contributed by atoms with Crippen molar-refractivity contribution in [2.75, 3.05) is 0 Å². The summed E-state index contributed by atoms with van der Waals surface area (Å²) in [6.45, 7) is 0. The molecule has 0 aliphatic rings. The molecule has 0 unspecified atom stereocenters. The minimum Gasteiger partial charge on any atom is -0.345 e. The van der Waals surface area contributed by atoms with Crippen LogP contribution in [0.25, 0.3) is 22.2 Å². The molecule has 140 valence electrons. The Morgan fingerprint density at radius 2 is 1.86 bits per heavy atom. The number of nitrogens with one attached hydrogen (secondary N) is 1. The van der Waals surface area contributed by atoms with Gasteiger partial charge in [0.05, 0.1) is 5.56 Å². The van der Waals surface area contributed by atoms with Gasteiger partial charge in [0.2, 0.25) is 0 Å². The number of rotatable bonds is 3. The Hall–Kier alpha value is -3.55. The van der Waals surface area contributed by atoms with E-state index < -0.39 is 23.3 Å². The third kappa shape index (κ3) is 3.24. The van der Waals surface area contributed by atoms with Crippen molar-refractivity contribution in [3.05, 3.63) is 83.7 Å². The van der Waals surface area contributed by atoms with Crippen LogP contribution in [0, 0.1) is 5.82 Å². The molecule has 28 heavy (non-hydrogen) atoms. The summed E-state index contributed by atoms with van der Waals surface area (Å²) in [4.78, 5) is 23.9. The molecule has 0 aliphatic carbocycles. The van der Waals surface area contributed by atoms with E-state index in [2.05, 4.69) is 15.0 Å². The zero-order valence-corrected chi connectivity index (χ0v) is 14.1. The molecule has 0 saturated carbocycles. The number of aromatic nitrogens is 3. The average molecular weight is 385 g/mol. The largest absolute Gasteiger partial charge is 0.416 e. The summed E-state index contributed by atoms with van der Waals surface area (Å²) in [5.41, 5.74) is 0.339. The van der Waals surface area contributed by atoms with Gasteiger partial charge >= 0.3 is 6.18 Å². The first-order valence-corrected chi connectivity index (χ1v) is 8.13. The Kier molecular flexibility index (Phi) is 4.18. The highest BCUT2D eigenvalue weighted by molar-refractivity contribution is 6.16. The van der Waals surface area contributed by atoms with Gasteiger partial charge in [-0.25, -0.2) is 9.37 Å². The Morgan fingerprint density at radius 3 is 2.57 bits per heavy atom. The average Bonchev–Trinajstić information content (AvgIpc) is 3.10. The molecular formula is C20H11F4N3O. The molecule has 0 aliphatic heterocycles. The van der Waals surface area contributed by atoms with E-state index in [1.165, 1.54) is 6.20 Å². The molecule has 4 aromatic rings. The third-order valence-electron chi connectivity index (χ3n) is 4.26. The molecule has 4 nitrogen and oxygen atoms in total. The second kappa shape index (κ2) is 6.56. The first-order valence-electron chi connectivity index (χ1n) is 8.13. The zero-order chi connectivity index (χ0) is 19.9. The number of aromatic amines is 1. The van der Waals surface area contributed by atoms with E-state index in [9.17, 15) is 22.4 Å². The van der Waals surface area contributed by atoms with Gasteiger partial charge in [0.1, 0.15) is 11.5 Å². The van der Waals surface area contributed by atoms with Crippen LogP contribution in [-0.2, 0) is 6.18 Å². The van der Waals surface area contributed by atoms with Crippen LogP contribution in [0.2, 0.25) is 0 Å². The highest BCUT2D eigenvalue weighted by atomic mass is 19.4. The number of carbonyl (C=O) groups excluding carboxylic acids is 1. The number of H-pyrrole nitrogens is 1. The topological polar surface area (TPSA) is 58.6 Å². The van der Waals surface area contributed by atoms with Gasteiger partial charge in [-0.15, -0.1) is 0 Å². The van der Waals surface area contributed by atoms with Gasteiger partial charge in [-0.3, -0.25) is 9.78 Å². The Bertz CT molecular complexity index is 1180.